The number of nitrogens with zero attached hydrogens (tertiary/aromatic N) is 1. The summed E-state index contributed by atoms with van der Waals surface area (Å²) in [5.74, 6) is 0.0483. The Balaban J connectivity index is 2.18. The predicted molar refractivity (Wildman–Crippen MR) is 82.2 cm³/mol. The summed E-state index contributed by atoms with van der Waals surface area (Å²) in [4.78, 5) is 25.6. The van der Waals surface area contributed by atoms with Gasteiger partial charge in [-0.15, -0.1) is 0 Å². The van der Waals surface area contributed by atoms with Crippen LogP contribution in [-0.4, -0.2) is 36.0 Å². The van der Waals surface area contributed by atoms with Gasteiger partial charge in [-0.05, 0) is 50.3 Å². The molecule has 0 aromatic heterocycles. The van der Waals surface area contributed by atoms with Crippen LogP contribution in [0.15, 0.2) is 18.2 Å². The molecule has 21 heavy (non-hydrogen) atoms. The predicted octanol–water partition coefficient (Wildman–Crippen LogP) is 1.97. The molecule has 0 spiro atoms. The van der Waals surface area contributed by atoms with Crippen LogP contribution in [0, 0.1) is 13.8 Å². The molecule has 1 atom stereocenters. The SMILES string of the molecule is Cc1cccc(C(=O)N2CCCC[C@@H]2CNC(N)=O)c1C. The average Bonchev–Trinajstić information content (AvgIpc) is 2.47. The number of piperidine rings is 1. The molecule has 0 saturated carbocycles. The van der Waals surface area contributed by atoms with Crippen molar-refractivity contribution in [2.75, 3.05) is 13.1 Å². The average molecular weight is 289 g/mol. The van der Waals surface area contributed by atoms with E-state index in [2.05, 4.69) is 5.32 Å². The molecule has 1 aromatic rings. The van der Waals surface area contributed by atoms with Gasteiger partial charge in [-0.2, -0.15) is 0 Å². The first-order chi connectivity index (χ1) is 10.0. The van der Waals surface area contributed by atoms with E-state index in [4.69, 9.17) is 5.73 Å². The standard InChI is InChI=1S/C16H23N3O2/c1-11-6-5-8-14(12(11)2)15(20)19-9-4-3-7-13(19)10-18-16(17)21/h5-6,8,13H,3-4,7,9-10H2,1-2H3,(H3,17,18,21)/t13-/m1/s1. The quantitative estimate of drug-likeness (QED) is 0.892. The van der Waals surface area contributed by atoms with Crippen molar-refractivity contribution in [3.05, 3.63) is 34.9 Å². The van der Waals surface area contributed by atoms with Gasteiger partial charge in [0.25, 0.3) is 5.91 Å². The highest BCUT2D eigenvalue weighted by Crippen LogP contribution is 2.22. The summed E-state index contributed by atoms with van der Waals surface area (Å²) in [5, 5.41) is 2.62. The molecule has 5 heteroatoms. The van der Waals surface area contributed by atoms with Crippen LogP contribution in [-0.2, 0) is 0 Å². The molecular weight excluding hydrogens is 266 g/mol. The lowest BCUT2D eigenvalue weighted by Gasteiger charge is -2.36. The summed E-state index contributed by atoms with van der Waals surface area (Å²) in [6.07, 6.45) is 2.97. The zero-order valence-corrected chi connectivity index (χ0v) is 12.7. The first kappa shape index (κ1) is 15.4. The molecule has 3 N–H and O–H groups in total. The molecule has 114 valence electrons. The number of carbonyl (C=O) groups excluding carboxylic acids is 2. The van der Waals surface area contributed by atoms with Crippen molar-refractivity contribution >= 4 is 11.9 Å². The zero-order chi connectivity index (χ0) is 15.4. The van der Waals surface area contributed by atoms with E-state index in [1.54, 1.807) is 0 Å². The Morgan fingerprint density at radius 2 is 2.10 bits per heavy atom. The van der Waals surface area contributed by atoms with Gasteiger partial charge in [0, 0.05) is 24.7 Å². The zero-order valence-electron chi connectivity index (χ0n) is 12.7. The van der Waals surface area contributed by atoms with Crippen molar-refractivity contribution in [2.45, 2.75) is 39.2 Å². The van der Waals surface area contributed by atoms with E-state index in [0.717, 1.165) is 42.5 Å². The van der Waals surface area contributed by atoms with Crippen molar-refractivity contribution in [3.8, 4) is 0 Å². The molecule has 1 saturated heterocycles. The van der Waals surface area contributed by atoms with E-state index < -0.39 is 6.03 Å². The van der Waals surface area contributed by atoms with E-state index in [1.807, 2.05) is 36.9 Å². The third kappa shape index (κ3) is 3.54. The fraction of sp³-hybridized carbons (Fsp3) is 0.500. The smallest absolute Gasteiger partial charge is 0.312 e. The van der Waals surface area contributed by atoms with Crippen LogP contribution in [0.2, 0.25) is 0 Å². The van der Waals surface area contributed by atoms with Gasteiger partial charge in [-0.25, -0.2) is 4.79 Å². The van der Waals surface area contributed by atoms with Gasteiger partial charge in [-0.3, -0.25) is 4.79 Å². The summed E-state index contributed by atoms with van der Waals surface area (Å²) < 4.78 is 0. The van der Waals surface area contributed by atoms with Crippen LogP contribution in [0.1, 0.15) is 40.7 Å². The van der Waals surface area contributed by atoms with Crippen molar-refractivity contribution in [1.82, 2.24) is 10.2 Å². The minimum atomic E-state index is -0.542. The minimum Gasteiger partial charge on any atom is -0.352 e. The summed E-state index contributed by atoms with van der Waals surface area (Å²) in [6, 6.07) is 5.28. The maximum Gasteiger partial charge on any atom is 0.312 e. The van der Waals surface area contributed by atoms with Crippen LogP contribution in [0.25, 0.3) is 0 Å². The van der Waals surface area contributed by atoms with Crippen molar-refractivity contribution < 1.29 is 9.59 Å². The first-order valence-corrected chi connectivity index (χ1v) is 7.41. The van der Waals surface area contributed by atoms with Crippen molar-refractivity contribution in [3.63, 3.8) is 0 Å². The summed E-state index contributed by atoms with van der Waals surface area (Å²) >= 11 is 0. The fourth-order valence-electron chi connectivity index (χ4n) is 2.84. The Kier molecular flexibility index (Phi) is 4.83. The molecule has 2 rings (SSSR count). The van der Waals surface area contributed by atoms with Crippen LogP contribution in [0.3, 0.4) is 0 Å². The van der Waals surface area contributed by atoms with Gasteiger partial charge in [0.05, 0.1) is 0 Å². The summed E-state index contributed by atoms with van der Waals surface area (Å²) in [6.45, 7) is 5.14. The third-order valence-corrected chi connectivity index (χ3v) is 4.23. The normalized spacial score (nSPS) is 18.4. The van der Waals surface area contributed by atoms with Crippen molar-refractivity contribution in [2.24, 2.45) is 5.73 Å². The second-order valence-corrected chi connectivity index (χ2v) is 5.64. The number of hydrogen-bond acceptors (Lipinski definition) is 2. The van der Waals surface area contributed by atoms with Gasteiger partial charge < -0.3 is 16.0 Å². The number of urea groups is 1. The minimum absolute atomic E-state index is 0.0265. The maximum absolute atomic E-state index is 12.8. The van der Waals surface area contributed by atoms with Gasteiger partial charge in [0.2, 0.25) is 0 Å². The molecular formula is C16H23N3O2. The monoisotopic (exact) mass is 289 g/mol. The Morgan fingerprint density at radius 3 is 2.81 bits per heavy atom. The Bertz CT molecular complexity index is 542. The molecule has 0 aliphatic carbocycles. The number of amides is 3. The number of rotatable bonds is 3. The molecule has 1 aromatic carbocycles. The summed E-state index contributed by atoms with van der Waals surface area (Å²) in [7, 11) is 0. The van der Waals surface area contributed by atoms with Gasteiger partial charge >= 0.3 is 6.03 Å². The third-order valence-electron chi connectivity index (χ3n) is 4.23. The fourth-order valence-corrected chi connectivity index (χ4v) is 2.84. The highest BCUT2D eigenvalue weighted by molar-refractivity contribution is 5.96. The maximum atomic E-state index is 12.8. The van der Waals surface area contributed by atoms with Gasteiger partial charge in [0.15, 0.2) is 0 Å². The molecule has 0 bridgehead atoms. The first-order valence-electron chi connectivity index (χ1n) is 7.41. The number of benzene rings is 1. The highest BCUT2D eigenvalue weighted by Gasteiger charge is 2.28. The Labute approximate surface area is 125 Å². The Morgan fingerprint density at radius 1 is 1.33 bits per heavy atom. The largest absolute Gasteiger partial charge is 0.352 e. The number of nitrogens with two attached hydrogens (primary N) is 1. The van der Waals surface area contributed by atoms with Crippen LogP contribution >= 0.6 is 0 Å². The van der Waals surface area contributed by atoms with Crippen LogP contribution < -0.4 is 11.1 Å². The molecule has 3 amide bonds. The number of aryl methyl sites for hydroxylation is 1. The highest BCUT2D eigenvalue weighted by atomic mass is 16.2. The lowest BCUT2D eigenvalue weighted by molar-refractivity contribution is 0.0614. The van der Waals surface area contributed by atoms with Crippen LogP contribution in [0.4, 0.5) is 4.79 Å². The second-order valence-electron chi connectivity index (χ2n) is 5.64. The molecule has 0 unspecified atom stereocenters. The second kappa shape index (κ2) is 6.61. The lowest BCUT2D eigenvalue weighted by atomic mass is 9.98. The van der Waals surface area contributed by atoms with Gasteiger partial charge in [0.1, 0.15) is 0 Å². The number of nitrogens with one attached hydrogen (secondary N) is 1. The van der Waals surface area contributed by atoms with Crippen molar-refractivity contribution in [1.29, 1.82) is 0 Å². The molecule has 0 radical (unpaired) electrons. The van der Waals surface area contributed by atoms with Crippen LogP contribution in [0.5, 0.6) is 0 Å². The molecule has 1 aliphatic heterocycles. The number of primary amides is 1. The lowest BCUT2D eigenvalue weighted by Crippen LogP contribution is -2.50. The molecule has 1 heterocycles. The molecule has 1 aliphatic rings. The number of likely N-dealkylation sites (tertiary alicyclic amines) is 1. The molecule has 5 nitrogen and oxygen atoms in total. The Hall–Kier alpha value is -2.04. The topological polar surface area (TPSA) is 75.4 Å². The van der Waals surface area contributed by atoms with E-state index >= 15 is 0 Å². The van der Waals surface area contributed by atoms with E-state index in [0.29, 0.717) is 6.54 Å². The van der Waals surface area contributed by atoms with E-state index in [9.17, 15) is 9.59 Å². The molecule has 1 fully saturated rings. The van der Waals surface area contributed by atoms with Gasteiger partial charge in [-0.1, -0.05) is 12.1 Å². The van der Waals surface area contributed by atoms with E-state index in [-0.39, 0.29) is 11.9 Å². The van der Waals surface area contributed by atoms with E-state index in [1.165, 1.54) is 0 Å². The summed E-state index contributed by atoms with van der Waals surface area (Å²) in [5.41, 5.74) is 8.02. The number of hydrogen-bond donors (Lipinski definition) is 2. The number of carbonyl (C=O) groups is 2.